The number of nitrogens with zero attached hydrogens (tertiary/aromatic N) is 4. The molecular weight excluding hydrogens is 362 g/mol. The van der Waals surface area contributed by atoms with E-state index >= 15 is 0 Å². The van der Waals surface area contributed by atoms with Crippen molar-refractivity contribution in [2.24, 2.45) is 0 Å². The summed E-state index contributed by atoms with van der Waals surface area (Å²) in [5.74, 6) is -0.110. The molecule has 1 N–H and O–H groups in total. The fraction of sp³-hybridized carbons (Fsp3) is 0.474. The molecule has 1 saturated heterocycles. The topological polar surface area (TPSA) is 103 Å². The number of carbonyl (C=O) groups excluding carboxylic acids is 1. The number of nitrogens with one attached hydrogen (secondary N) is 1. The Morgan fingerprint density at radius 2 is 1.93 bits per heavy atom. The van der Waals surface area contributed by atoms with Crippen LogP contribution in [0.25, 0.3) is 0 Å². The number of morpholine rings is 1. The summed E-state index contributed by atoms with van der Waals surface area (Å²) in [5.41, 5.74) is 2.48. The number of hydrogen-bond acceptors (Lipinski definition) is 6. The van der Waals surface area contributed by atoms with Crippen LogP contribution in [0.1, 0.15) is 27.3 Å². The van der Waals surface area contributed by atoms with E-state index in [1.165, 1.54) is 0 Å². The Bertz CT molecular complexity index is 841. The molecule has 28 heavy (non-hydrogen) atoms. The number of hydrogen-bond donors (Lipinski definition) is 1. The maximum atomic E-state index is 12.3. The number of ether oxygens (including phenoxy) is 1. The van der Waals surface area contributed by atoms with Crippen LogP contribution in [0.15, 0.2) is 24.3 Å². The minimum absolute atomic E-state index is 0.0521. The van der Waals surface area contributed by atoms with E-state index in [-0.39, 0.29) is 11.6 Å². The second kappa shape index (κ2) is 8.94. The third-order valence-corrected chi connectivity index (χ3v) is 4.89. The average molecular weight is 387 g/mol. The number of aryl methyl sites for hydroxylation is 1. The SMILES string of the molecule is Cc1nn(Cc2ccc(C(=O)NCCN3CCOCC3)cc2)c(C)c1[N+](=O)[O-]. The molecule has 0 bridgehead atoms. The first kappa shape index (κ1) is 20.0. The van der Waals surface area contributed by atoms with E-state index in [1.54, 1.807) is 30.7 Å². The molecule has 1 aliphatic heterocycles. The van der Waals surface area contributed by atoms with Crippen LogP contribution in [0.2, 0.25) is 0 Å². The van der Waals surface area contributed by atoms with Gasteiger partial charge in [0.1, 0.15) is 11.4 Å². The molecule has 2 aromatic rings. The Hall–Kier alpha value is -2.78. The summed E-state index contributed by atoms with van der Waals surface area (Å²) in [6.07, 6.45) is 0. The van der Waals surface area contributed by atoms with Crippen LogP contribution in [-0.4, -0.2) is 64.9 Å². The molecule has 1 aliphatic rings. The van der Waals surface area contributed by atoms with Gasteiger partial charge in [-0.2, -0.15) is 5.10 Å². The van der Waals surface area contributed by atoms with Crippen molar-refractivity contribution in [3.63, 3.8) is 0 Å². The number of rotatable bonds is 7. The lowest BCUT2D eigenvalue weighted by Gasteiger charge is -2.26. The summed E-state index contributed by atoms with van der Waals surface area (Å²) < 4.78 is 6.92. The lowest BCUT2D eigenvalue weighted by atomic mass is 10.1. The van der Waals surface area contributed by atoms with Gasteiger partial charge >= 0.3 is 5.69 Å². The average Bonchev–Trinajstić information content (AvgIpc) is 2.96. The molecule has 9 heteroatoms. The lowest BCUT2D eigenvalue weighted by molar-refractivity contribution is -0.386. The lowest BCUT2D eigenvalue weighted by Crippen LogP contribution is -2.41. The maximum Gasteiger partial charge on any atom is 0.312 e. The van der Waals surface area contributed by atoms with E-state index in [9.17, 15) is 14.9 Å². The van der Waals surface area contributed by atoms with Gasteiger partial charge in [-0.05, 0) is 31.5 Å². The van der Waals surface area contributed by atoms with Gasteiger partial charge in [0, 0.05) is 31.7 Å². The summed E-state index contributed by atoms with van der Waals surface area (Å²) in [4.78, 5) is 25.3. The first-order valence-corrected chi connectivity index (χ1v) is 9.31. The molecule has 0 spiro atoms. The molecule has 150 valence electrons. The molecule has 1 amide bonds. The van der Waals surface area contributed by atoms with Crippen LogP contribution in [0.5, 0.6) is 0 Å². The summed E-state index contributed by atoms with van der Waals surface area (Å²) in [5, 5.41) is 18.3. The number of carbonyl (C=O) groups is 1. The summed E-state index contributed by atoms with van der Waals surface area (Å²) in [6, 6.07) is 7.22. The van der Waals surface area contributed by atoms with Crippen LogP contribution >= 0.6 is 0 Å². The van der Waals surface area contributed by atoms with Gasteiger partial charge in [0.05, 0.1) is 24.7 Å². The van der Waals surface area contributed by atoms with Crippen LogP contribution in [0.3, 0.4) is 0 Å². The van der Waals surface area contributed by atoms with Gasteiger partial charge in [0.25, 0.3) is 5.91 Å². The molecule has 0 radical (unpaired) electrons. The Labute approximate surface area is 163 Å². The molecule has 1 aromatic carbocycles. The molecule has 3 rings (SSSR count). The fourth-order valence-electron chi connectivity index (χ4n) is 3.29. The molecule has 0 unspecified atom stereocenters. The summed E-state index contributed by atoms with van der Waals surface area (Å²) in [7, 11) is 0. The van der Waals surface area contributed by atoms with E-state index < -0.39 is 4.92 Å². The van der Waals surface area contributed by atoms with Crippen LogP contribution in [-0.2, 0) is 11.3 Å². The van der Waals surface area contributed by atoms with Gasteiger partial charge in [0.15, 0.2) is 0 Å². The van der Waals surface area contributed by atoms with E-state index in [0.29, 0.717) is 30.0 Å². The highest BCUT2D eigenvalue weighted by atomic mass is 16.6. The highest BCUT2D eigenvalue weighted by molar-refractivity contribution is 5.94. The zero-order valence-electron chi connectivity index (χ0n) is 16.2. The Kier molecular flexibility index (Phi) is 6.37. The maximum absolute atomic E-state index is 12.3. The van der Waals surface area contributed by atoms with Crippen molar-refractivity contribution in [3.05, 3.63) is 56.9 Å². The van der Waals surface area contributed by atoms with Gasteiger partial charge in [-0.3, -0.25) is 24.5 Å². The van der Waals surface area contributed by atoms with Gasteiger partial charge in [-0.25, -0.2) is 0 Å². The van der Waals surface area contributed by atoms with Crippen molar-refractivity contribution in [1.29, 1.82) is 0 Å². The largest absolute Gasteiger partial charge is 0.379 e. The zero-order valence-corrected chi connectivity index (χ0v) is 16.2. The smallest absolute Gasteiger partial charge is 0.312 e. The van der Waals surface area contributed by atoms with Gasteiger partial charge in [0.2, 0.25) is 0 Å². The Morgan fingerprint density at radius 3 is 2.54 bits per heavy atom. The monoisotopic (exact) mass is 387 g/mol. The second-order valence-electron chi connectivity index (χ2n) is 6.84. The highest BCUT2D eigenvalue weighted by Gasteiger charge is 2.21. The van der Waals surface area contributed by atoms with Crippen molar-refractivity contribution in [3.8, 4) is 0 Å². The van der Waals surface area contributed by atoms with E-state index in [0.717, 1.165) is 38.4 Å². The normalized spacial score (nSPS) is 14.8. The van der Waals surface area contributed by atoms with Crippen molar-refractivity contribution in [2.75, 3.05) is 39.4 Å². The third-order valence-electron chi connectivity index (χ3n) is 4.89. The predicted molar refractivity (Wildman–Crippen MR) is 103 cm³/mol. The van der Waals surface area contributed by atoms with Crippen molar-refractivity contribution >= 4 is 11.6 Å². The molecule has 9 nitrogen and oxygen atoms in total. The number of nitro groups is 1. The second-order valence-corrected chi connectivity index (χ2v) is 6.84. The quantitative estimate of drug-likeness (QED) is 0.571. The third kappa shape index (κ3) is 4.73. The van der Waals surface area contributed by atoms with Crippen LogP contribution in [0.4, 0.5) is 5.69 Å². The van der Waals surface area contributed by atoms with Gasteiger partial charge in [-0.1, -0.05) is 12.1 Å². The fourth-order valence-corrected chi connectivity index (χ4v) is 3.29. The van der Waals surface area contributed by atoms with E-state index in [2.05, 4.69) is 15.3 Å². The first-order chi connectivity index (χ1) is 13.5. The predicted octanol–water partition coefficient (Wildman–Crippen LogP) is 1.52. The number of benzene rings is 1. The van der Waals surface area contributed by atoms with Crippen molar-refractivity contribution in [2.45, 2.75) is 20.4 Å². The van der Waals surface area contributed by atoms with Crippen LogP contribution < -0.4 is 5.32 Å². The number of amides is 1. The molecule has 0 aliphatic carbocycles. The first-order valence-electron chi connectivity index (χ1n) is 9.31. The van der Waals surface area contributed by atoms with E-state index in [1.807, 2.05) is 12.1 Å². The molecule has 0 atom stereocenters. The van der Waals surface area contributed by atoms with Crippen molar-refractivity contribution < 1.29 is 14.5 Å². The van der Waals surface area contributed by atoms with Gasteiger partial charge in [-0.15, -0.1) is 0 Å². The molecule has 1 aromatic heterocycles. The number of aromatic nitrogens is 2. The molecular formula is C19H25N5O4. The molecule has 0 saturated carbocycles. The van der Waals surface area contributed by atoms with Crippen molar-refractivity contribution in [1.82, 2.24) is 20.0 Å². The molecule has 2 heterocycles. The summed E-state index contributed by atoms with van der Waals surface area (Å²) >= 11 is 0. The standard InChI is InChI=1S/C19H25N5O4/c1-14-18(24(26)27)15(2)23(21-14)13-16-3-5-17(6-4-16)19(25)20-7-8-22-9-11-28-12-10-22/h3-6H,7-13H2,1-2H3,(H,20,25). The minimum atomic E-state index is -0.404. The zero-order chi connectivity index (χ0) is 20.1. The summed E-state index contributed by atoms with van der Waals surface area (Å²) in [6.45, 7) is 8.42. The minimum Gasteiger partial charge on any atom is -0.379 e. The van der Waals surface area contributed by atoms with Gasteiger partial charge < -0.3 is 10.1 Å². The Morgan fingerprint density at radius 1 is 1.25 bits per heavy atom. The molecule has 1 fully saturated rings. The van der Waals surface area contributed by atoms with Crippen LogP contribution in [0, 0.1) is 24.0 Å². The highest BCUT2D eigenvalue weighted by Crippen LogP contribution is 2.22. The van der Waals surface area contributed by atoms with E-state index in [4.69, 9.17) is 4.74 Å². The Balaban J connectivity index is 1.55.